The number of hydrogen-bond acceptors (Lipinski definition) is 2. The van der Waals surface area contributed by atoms with Crippen LogP contribution in [-0.4, -0.2) is 11.9 Å². The first-order valence-electron chi connectivity index (χ1n) is 6.58. The summed E-state index contributed by atoms with van der Waals surface area (Å²) in [6.07, 6.45) is 0.910. The quantitative estimate of drug-likeness (QED) is 0.841. The van der Waals surface area contributed by atoms with E-state index in [1.807, 2.05) is 52.0 Å². The van der Waals surface area contributed by atoms with Crippen LogP contribution < -0.4 is 11.1 Å². The van der Waals surface area contributed by atoms with Crippen molar-refractivity contribution < 1.29 is 4.79 Å². The average molecular weight is 248 g/mol. The van der Waals surface area contributed by atoms with Gasteiger partial charge in [0.25, 0.3) is 0 Å². The molecule has 0 aliphatic rings. The summed E-state index contributed by atoms with van der Waals surface area (Å²) < 4.78 is 0. The molecular weight excluding hydrogens is 224 g/mol. The lowest BCUT2D eigenvalue weighted by molar-refractivity contribution is -0.124. The van der Waals surface area contributed by atoms with Gasteiger partial charge in [0.1, 0.15) is 0 Å². The largest absolute Gasteiger partial charge is 0.348 e. The highest BCUT2D eigenvalue weighted by atomic mass is 16.2. The zero-order valence-corrected chi connectivity index (χ0v) is 11.7. The van der Waals surface area contributed by atoms with Crippen LogP contribution in [0.15, 0.2) is 24.3 Å². The van der Waals surface area contributed by atoms with Crippen molar-refractivity contribution in [3.05, 3.63) is 35.4 Å². The molecule has 0 aliphatic heterocycles. The van der Waals surface area contributed by atoms with Crippen LogP contribution in [0.4, 0.5) is 0 Å². The first-order chi connectivity index (χ1) is 8.47. The fourth-order valence-electron chi connectivity index (χ4n) is 1.97. The number of benzene rings is 1. The predicted octanol–water partition coefficient (Wildman–Crippen LogP) is 2.55. The fraction of sp³-hybridized carbons (Fsp3) is 0.533. The van der Waals surface area contributed by atoms with Crippen molar-refractivity contribution in [1.82, 2.24) is 5.32 Å². The smallest absolute Gasteiger partial charge is 0.237 e. The van der Waals surface area contributed by atoms with E-state index in [0.29, 0.717) is 0 Å². The average Bonchev–Trinajstić information content (AvgIpc) is 2.37. The van der Waals surface area contributed by atoms with Crippen LogP contribution in [0, 0.1) is 12.8 Å². The van der Waals surface area contributed by atoms with Gasteiger partial charge in [-0.2, -0.15) is 0 Å². The first-order valence-corrected chi connectivity index (χ1v) is 6.58. The van der Waals surface area contributed by atoms with Crippen molar-refractivity contribution in [1.29, 1.82) is 0 Å². The number of amides is 1. The monoisotopic (exact) mass is 248 g/mol. The second-order valence-electron chi connectivity index (χ2n) is 5.00. The van der Waals surface area contributed by atoms with Crippen LogP contribution in [0.2, 0.25) is 0 Å². The molecule has 0 bridgehead atoms. The van der Waals surface area contributed by atoms with Gasteiger partial charge in [0, 0.05) is 0 Å². The van der Waals surface area contributed by atoms with Gasteiger partial charge in [-0.3, -0.25) is 4.79 Å². The molecule has 1 aromatic carbocycles. The van der Waals surface area contributed by atoms with E-state index in [1.165, 1.54) is 5.56 Å². The maximum absolute atomic E-state index is 12.0. The van der Waals surface area contributed by atoms with E-state index < -0.39 is 6.04 Å². The summed E-state index contributed by atoms with van der Waals surface area (Å²) in [5.41, 5.74) is 8.25. The Hall–Kier alpha value is -1.35. The molecule has 1 amide bonds. The van der Waals surface area contributed by atoms with Crippen LogP contribution >= 0.6 is 0 Å². The summed E-state index contributed by atoms with van der Waals surface area (Å²) in [5, 5.41) is 2.99. The Morgan fingerprint density at radius 2 is 1.94 bits per heavy atom. The lowest BCUT2D eigenvalue weighted by atomic mass is 9.98. The summed E-state index contributed by atoms with van der Waals surface area (Å²) in [4.78, 5) is 12.0. The van der Waals surface area contributed by atoms with Gasteiger partial charge >= 0.3 is 0 Å². The minimum absolute atomic E-state index is 0.00574. The zero-order chi connectivity index (χ0) is 13.7. The van der Waals surface area contributed by atoms with E-state index in [1.54, 1.807) is 0 Å². The zero-order valence-electron chi connectivity index (χ0n) is 11.7. The van der Waals surface area contributed by atoms with Crippen LogP contribution in [0.25, 0.3) is 0 Å². The van der Waals surface area contributed by atoms with Gasteiger partial charge in [-0.15, -0.1) is 0 Å². The van der Waals surface area contributed by atoms with E-state index in [-0.39, 0.29) is 17.9 Å². The van der Waals surface area contributed by atoms with Crippen molar-refractivity contribution in [2.75, 3.05) is 0 Å². The number of aryl methyl sites for hydroxylation is 1. The summed E-state index contributed by atoms with van der Waals surface area (Å²) in [7, 11) is 0. The van der Waals surface area contributed by atoms with Crippen molar-refractivity contribution >= 4 is 5.91 Å². The van der Waals surface area contributed by atoms with Crippen molar-refractivity contribution in [3.63, 3.8) is 0 Å². The Labute approximate surface area is 110 Å². The highest BCUT2D eigenvalue weighted by Gasteiger charge is 2.21. The molecule has 1 aromatic rings. The highest BCUT2D eigenvalue weighted by molar-refractivity contribution is 5.82. The minimum Gasteiger partial charge on any atom is -0.348 e. The van der Waals surface area contributed by atoms with E-state index >= 15 is 0 Å². The topological polar surface area (TPSA) is 55.1 Å². The van der Waals surface area contributed by atoms with Gasteiger partial charge in [-0.25, -0.2) is 0 Å². The van der Waals surface area contributed by atoms with Gasteiger partial charge in [-0.05, 0) is 30.9 Å². The second-order valence-corrected chi connectivity index (χ2v) is 5.00. The van der Waals surface area contributed by atoms with Crippen molar-refractivity contribution in [3.8, 4) is 0 Å². The van der Waals surface area contributed by atoms with Crippen LogP contribution in [0.1, 0.15) is 44.4 Å². The minimum atomic E-state index is -0.429. The Kier molecular flexibility index (Phi) is 5.35. The Morgan fingerprint density at radius 3 is 2.50 bits per heavy atom. The molecule has 0 radical (unpaired) electrons. The molecule has 0 heterocycles. The van der Waals surface area contributed by atoms with Gasteiger partial charge in [0.05, 0.1) is 12.1 Å². The molecule has 18 heavy (non-hydrogen) atoms. The summed E-state index contributed by atoms with van der Waals surface area (Å²) in [6, 6.07) is 7.63. The molecule has 0 aliphatic carbocycles. The fourth-order valence-corrected chi connectivity index (χ4v) is 1.97. The highest BCUT2D eigenvalue weighted by Crippen LogP contribution is 2.17. The Bertz CT molecular complexity index is 403. The van der Waals surface area contributed by atoms with Crippen LogP contribution in [-0.2, 0) is 4.79 Å². The molecule has 3 atom stereocenters. The molecular formula is C15H24N2O. The number of rotatable bonds is 5. The third-order valence-corrected chi connectivity index (χ3v) is 3.57. The molecule has 0 fully saturated rings. The van der Waals surface area contributed by atoms with Gasteiger partial charge in [-0.1, -0.05) is 44.5 Å². The Morgan fingerprint density at radius 1 is 1.33 bits per heavy atom. The molecule has 3 heteroatoms. The van der Waals surface area contributed by atoms with Crippen LogP contribution in [0.3, 0.4) is 0 Å². The second kappa shape index (κ2) is 6.55. The molecule has 0 aromatic heterocycles. The molecule has 3 N–H and O–H groups in total. The lowest BCUT2D eigenvalue weighted by Gasteiger charge is -2.22. The number of hydrogen-bond donors (Lipinski definition) is 2. The number of nitrogens with two attached hydrogens (primary N) is 1. The molecule has 0 saturated carbocycles. The van der Waals surface area contributed by atoms with Crippen molar-refractivity contribution in [2.24, 2.45) is 11.7 Å². The number of nitrogens with one attached hydrogen (secondary N) is 1. The normalized spacial score (nSPS) is 15.8. The molecule has 100 valence electrons. The molecule has 0 saturated heterocycles. The number of carbonyl (C=O) groups is 1. The van der Waals surface area contributed by atoms with E-state index in [2.05, 4.69) is 5.32 Å². The number of carbonyl (C=O) groups excluding carboxylic acids is 1. The molecule has 0 unspecified atom stereocenters. The molecule has 1 rings (SSSR count). The first kappa shape index (κ1) is 14.7. The van der Waals surface area contributed by atoms with Gasteiger partial charge < -0.3 is 11.1 Å². The van der Waals surface area contributed by atoms with Gasteiger partial charge in [0.2, 0.25) is 5.91 Å². The van der Waals surface area contributed by atoms with E-state index in [0.717, 1.165) is 12.0 Å². The maximum atomic E-state index is 12.0. The summed E-state index contributed by atoms with van der Waals surface area (Å²) in [5.74, 6) is 0.133. The van der Waals surface area contributed by atoms with Gasteiger partial charge in [0.15, 0.2) is 0 Å². The predicted molar refractivity (Wildman–Crippen MR) is 75.2 cm³/mol. The van der Waals surface area contributed by atoms with E-state index in [4.69, 9.17) is 5.73 Å². The van der Waals surface area contributed by atoms with Crippen LogP contribution in [0.5, 0.6) is 0 Å². The summed E-state index contributed by atoms with van der Waals surface area (Å²) >= 11 is 0. The summed E-state index contributed by atoms with van der Waals surface area (Å²) in [6.45, 7) is 8.08. The van der Waals surface area contributed by atoms with Crippen molar-refractivity contribution in [2.45, 2.75) is 46.2 Å². The van der Waals surface area contributed by atoms with E-state index in [9.17, 15) is 4.79 Å². The molecule has 0 spiro atoms. The standard InChI is InChI=1S/C15H24N2O/c1-5-10(2)14(16)15(18)17-12(4)13-9-7-6-8-11(13)3/h6-10,12,14H,5,16H2,1-4H3,(H,17,18)/t10-,12-,14-/m0/s1. The SMILES string of the molecule is CC[C@H](C)[C@H](N)C(=O)N[C@@H](C)c1ccccc1C. The Balaban J connectivity index is 2.68. The third-order valence-electron chi connectivity index (χ3n) is 3.57. The molecule has 3 nitrogen and oxygen atoms in total. The lowest BCUT2D eigenvalue weighted by Crippen LogP contribution is -2.45. The third kappa shape index (κ3) is 3.57. The maximum Gasteiger partial charge on any atom is 0.237 e.